The maximum atomic E-state index is 11.6. The number of hydrogen-bond acceptors (Lipinski definition) is 4. The van der Waals surface area contributed by atoms with Crippen molar-refractivity contribution in [2.45, 2.75) is 12.5 Å². The van der Waals surface area contributed by atoms with Gasteiger partial charge in [-0.05, 0) is 30.7 Å². The summed E-state index contributed by atoms with van der Waals surface area (Å²) in [5.41, 5.74) is 1.10. The highest BCUT2D eigenvalue weighted by Crippen LogP contribution is 2.31. The molecule has 0 amide bonds. The molecule has 0 aliphatic carbocycles. The first-order valence-electron chi connectivity index (χ1n) is 5.71. The molecule has 1 aromatic rings. The fraction of sp³-hybridized carbons (Fsp3) is 0.462. The molecule has 0 unspecified atom stereocenters. The number of carbonyl (C=O) groups excluding carboxylic acids is 1. The summed E-state index contributed by atoms with van der Waals surface area (Å²) in [4.78, 5) is 11.6. The van der Waals surface area contributed by atoms with Crippen molar-refractivity contribution in [2.75, 3.05) is 20.8 Å². The molecule has 0 saturated carbocycles. The van der Waals surface area contributed by atoms with E-state index in [4.69, 9.17) is 9.47 Å². The number of esters is 1. The predicted molar refractivity (Wildman–Crippen MR) is 63.9 cm³/mol. The van der Waals surface area contributed by atoms with Crippen molar-refractivity contribution in [2.24, 2.45) is 5.92 Å². The van der Waals surface area contributed by atoms with Crippen molar-refractivity contribution in [3.8, 4) is 5.75 Å². The van der Waals surface area contributed by atoms with Crippen molar-refractivity contribution in [1.29, 1.82) is 0 Å². The molecule has 92 valence electrons. The van der Waals surface area contributed by atoms with Gasteiger partial charge in [-0.1, -0.05) is 12.1 Å². The molecule has 1 fully saturated rings. The van der Waals surface area contributed by atoms with E-state index in [1.807, 2.05) is 24.3 Å². The smallest absolute Gasteiger partial charge is 0.310 e. The van der Waals surface area contributed by atoms with E-state index in [2.05, 4.69) is 5.32 Å². The largest absolute Gasteiger partial charge is 0.497 e. The Balaban J connectivity index is 2.17. The van der Waals surface area contributed by atoms with Gasteiger partial charge in [0.05, 0.1) is 20.1 Å². The van der Waals surface area contributed by atoms with Crippen LogP contribution in [0.5, 0.6) is 5.75 Å². The number of carbonyl (C=O) groups is 1. The molecule has 0 spiro atoms. The fourth-order valence-electron chi connectivity index (χ4n) is 2.27. The maximum absolute atomic E-state index is 11.6. The van der Waals surface area contributed by atoms with Crippen LogP contribution in [-0.4, -0.2) is 26.7 Å². The summed E-state index contributed by atoms with van der Waals surface area (Å²) in [5.74, 6) is 0.588. The Morgan fingerprint density at radius 2 is 2.00 bits per heavy atom. The Labute approximate surface area is 101 Å². The molecule has 2 rings (SSSR count). The van der Waals surface area contributed by atoms with Gasteiger partial charge >= 0.3 is 5.97 Å². The van der Waals surface area contributed by atoms with Crippen molar-refractivity contribution in [3.05, 3.63) is 29.8 Å². The highest BCUT2D eigenvalue weighted by molar-refractivity contribution is 5.74. The van der Waals surface area contributed by atoms with Gasteiger partial charge in [0, 0.05) is 6.04 Å². The first-order chi connectivity index (χ1) is 8.26. The van der Waals surface area contributed by atoms with Crippen LogP contribution in [0.3, 0.4) is 0 Å². The van der Waals surface area contributed by atoms with E-state index in [1.165, 1.54) is 7.11 Å². The van der Waals surface area contributed by atoms with Crippen LogP contribution < -0.4 is 10.1 Å². The number of benzene rings is 1. The van der Waals surface area contributed by atoms with E-state index >= 15 is 0 Å². The minimum atomic E-state index is -0.143. The second-order valence-electron chi connectivity index (χ2n) is 4.12. The minimum absolute atomic E-state index is 0.0494. The van der Waals surface area contributed by atoms with E-state index in [0.29, 0.717) is 0 Å². The summed E-state index contributed by atoms with van der Waals surface area (Å²) >= 11 is 0. The van der Waals surface area contributed by atoms with Gasteiger partial charge in [-0.15, -0.1) is 0 Å². The van der Waals surface area contributed by atoms with Crippen molar-refractivity contribution in [3.63, 3.8) is 0 Å². The van der Waals surface area contributed by atoms with Crippen LogP contribution in [0.15, 0.2) is 24.3 Å². The van der Waals surface area contributed by atoms with Gasteiger partial charge in [0.15, 0.2) is 0 Å². The predicted octanol–water partition coefficient (Wildman–Crippen LogP) is 1.52. The van der Waals surface area contributed by atoms with Gasteiger partial charge in [0.2, 0.25) is 0 Å². The van der Waals surface area contributed by atoms with E-state index in [1.54, 1.807) is 7.11 Å². The van der Waals surface area contributed by atoms with Crippen LogP contribution in [0.2, 0.25) is 0 Å². The summed E-state index contributed by atoms with van der Waals surface area (Å²) in [5, 5.41) is 3.33. The topological polar surface area (TPSA) is 47.6 Å². The highest BCUT2D eigenvalue weighted by Gasteiger charge is 2.34. The highest BCUT2D eigenvalue weighted by atomic mass is 16.5. The van der Waals surface area contributed by atoms with Gasteiger partial charge in [0.25, 0.3) is 0 Å². The summed E-state index contributed by atoms with van der Waals surface area (Å²) in [6.07, 6.45) is 0.823. The van der Waals surface area contributed by atoms with E-state index < -0.39 is 0 Å². The Morgan fingerprint density at radius 3 is 2.59 bits per heavy atom. The van der Waals surface area contributed by atoms with E-state index in [-0.39, 0.29) is 17.9 Å². The minimum Gasteiger partial charge on any atom is -0.497 e. The molecule has 1 heterocycles. The zero-order valence-electron chi connectivity index (χ0n) is 10.1. The first-order valence-corrected chi connectivity index (χ1v) is 5.71. The number of rotatable bonds is 3. The molecule has 1 aliphatic heterocycles. The van der Waals surface area contributed by atoms with Gasteiger partial charge in [0.1, 0.15) is 5.75 Å². The third-order valence-corrected chi connectivity index (χ3v) is 3.20. The molecule has 1 saturated heterocycles. The van der Waals surface area contributed by atoms with Crippen molar-refractivity contribution in [1.82, 2.24) is 5.32 Å². The SMILES string of the molecule is COC(=O)[C@H]1CCN[C@@H]1c1ccc(OC)cc1. The summed E-state index contributed by atoms with van der Waals surface area (Å²) < 4.78 is 9.94. The van der Waals surface area contributed by atoms with Crippen molar-refractivity contribution >= 4 is 5.97 Å². The molecule has 1 aromatic carbocycles. The van der Waals surface area contributed by atoms with Crippen LogP contribution in [0.25, 0.3) is 0 Å². The summed E-state index contributed by atoms with van der Waals surface area (Å²) in [6, 6.07) is 7.83. The van der Waals surface area contributed by atoms with Crippen LogP contribution in [0.1, 0.15) is 18.0 Å². The van der Waals surface area contributed by atoms with E-state index in [0.717, 1.165) is 24.3 Å². The Kier molecular flexibility index (Phi) is 3.64. The molecule has 0 aromatic heterocycles. The Morgan fingerprint density at radius 1 is 1.29 bits per heavy atom. The molecule has 4 heteroatoms. The van der Waals surface area contributed by atoms with Crippen LogP contribution in [0, 0.1) is 5.92 Å². The van der Waals surface area contributed by atoms with Crippen LogP contribution in [-0.2, 0) is 9.53 Å². The second kappa shape index (κ2) is 5.19. The zero-order chi connectivity index (χ0) is 12.3. The maximum Gasteiger partial charge on any atom is 0.310 e. The van der Waals surface area contributed by atoms with Crippen molar-refractivity contribution < 1.29 is 14.3 Å². The third kappa shape index (κ3) is 2.42. The second-order valence-corrected chi connectivity index (χ2v) is 4.12. The lowest BCUT2D eigenvalue weighted by molar-refractivity contribution is -0.145. The number of nitrogens with one attached hydrogen (secondary N) is 1. The Bertz CT molecular complexity index is 388. The number of methoxy groups -OCH3 is 2. The number of ether oxygens (including phenoxy) is 2. The summed E-state index contributed by atoms with van der Waals surface area (Å²) in [6.45, 7) is 0.844. The molecule has 17 heavy (non-hydrogen) atoms. The van der Waals surface area contributed by atoms with Gasteiger partial charge in [-0.3, -0.25) is 4.79 Å². The average Bonchev–Trinajstić information content (AvgIpc) is 2.87. The quantitative estimate of drug-likeness (QED) is 0.807. The zero-order valence-corrected chi connectivity index (χ0v) is 10.1. The molecular weight excluding hydrogens is 218 g/mol. The fourth-order valence-corrected chi connectivity index (χ4v) is 2.27. The average molecular weight is 235 g/mol. The molecule has 0 bridgehead atoms. The third-order valence-electron chi connectivity index (χ3n) is 3.20. The van der Waals surface area contributed by atoms with Gasteiger partial charge < -0.3 is 14.8 Å². The molecular formula is C13H17NO3. The standard InChI is InChI=1S/C13H17NO3/c1-16-10-5-3-9(4-6-10)12-11(7-8-14-12)13(15)17-2/h3-6,11-12,14H,7-8H2,1-2H3/t11-,12+/m0/s1. The number of hydrogen-bond donors (Lipinski definition) is 1. The van der Waals surface area contributed by atoms with Crippen LogP contribution >= 0.6 is 0 Å². The van der Waals surface area contributed by atoms with E-state index in [9.17, 15) is 4.79 Å². The molecule has 4 nitrogen and oxygen atoms in total. The molecule has 1 aliphatic rings. The normalized spacial score (nSPS) is 23.4. The monoisotopic (exact) mass is 235 g/mol. The van der Waals surface area contributed by atoms with Crippen LogP contribution in [0.4, 0.5) is 0 Å². The molecule has 0 radical (unpaired) electrons. The lowest BCUT2D eigenvalue weighted by Crippen LogP contribution is -2.24. The first kappa shape index (κ1) is 11.9. The Hall–Kier alpha value is -1.55. The lowest BCUT2D eigenvalue weighted by atomic mass is 9.94. The van der Waals surface area contributed by atoms with Gasteiger partial charge in [-0.2, -0.15) is 0 Å². The summed E-state index contributed by atoms with van der Waals surface area (Å²) in [7, 11) is 3.08. The van der Waals surface area contributed by atoms with Gasteiger partial charge in [-0.25, -0.2) is 0 Å². The lowest BCUT2D eigenvalue weighted by Gasteiger charge is -2.18. The molecule has 1 N–H and O–H groups in total. The molecule has 2 atom stereocenters.